The van der Waals surface area contributed by atoms with Crippen LogP contribution in [0.4, 0.5) is 18.9 Å². The molecule has 2 aromatic rings. The highest BCUT2D eigenvalue weighted by atomic mass is 19.3. The highest BCUT2D eigenvalue weighted by Crippen LogP contribution is 2.41. The lowest BCUT2D eigenvalue weighted by Crippen LogP contribution is -2.38. The summed E-state index contributed by atoms with van der Waals surface area (Å²) in [7, 11) is 0.949. The van der Waals surface area contributed by atoms with E-state index in [0.717, 1.165) is 56.9 Å². The molecule has 0 spiro atoms. The minimum Gasteiger partial charge on any atom is -0.508 e. The number of aliphatic imine (C=N–C) groups is 1. The number of carbonyl (C=O) groups excluding carboxylic acids is 1. The molecule has 1 saturated heterocycles. The Kier molecular flexibility index (Phi) is 11.5. The Bertz CT molecular complexity index is 1010. The Morgan fingerprint density at radius 3 is 2.58 bits per heavy atom. The van der Waals surface area contributed by atoms with E-state index in [1.54, 1.807) is 12.1 Å². The number of hydrogen-bond donors (Lipinski definition) is 3. The lowest BCUT2D eigenvalue weighted by atomic mass is 9.98. The number of fused-ring (bicyclic) bond motifs is 3. The molecule has 1 amide bonds. The average molecular weight is 509 g/mol. The van der Waals surface area contributed by atoms with Crippen LogP contribution < -0.4 is 11.1 Å². The maximum Gasteiger partial charge on any atom is 0.345 e. The van der Waals surface area contributed by atoms with Gasteiger partial charge in [-0.05, 0) is 43.9 Å². The van der Waals surface area contributed by atoms with E-state index < -0.39 is 12.4 Å². The highest BCUT2D eigenvalue weighted by Gasteiger charge is 2.34. The number of aryl methyl sites for hydroxylation is 1. The summed E-state index contributed by atoms with van der Waals surface area (Å²) in [4.78, 5) is 18.6. The maximum absolute atomic E-state index is 14.3. The summed E-state index contributed by atoms with van der Waals surface area (Å²) in [5.74, 6) is -0.0862. The van der Waals surface area contributed by atoms with Crippen LogP contribution in [0.3, 0.4) is 0 Å². The molecule has 1 fully saturated rings. The number of ether oxygens (including phenoxy) is 1. The molecule has 2 aliphatic heterocycles. The number of carbonyl (C=O) groups is 1. The molecule has 2 heterocycles. The predicted molar refractivity (Wildman–Crippen MR) is 134 cm³/mol. The van der Waals surface area contributed by atoms with Crippen LogP contribution in [0.25, 0.3) is 0 Å². The van der Waals surface area contributed by atoms with Crippen molar-refractivity contribution < 1.29 is 27.8 Å². The van der Waals surface area contributed by atoms with Gasteiger partial charge in [0.15, 0.2) is 5.96 Å². The van der Waals surface area contributed by atoms with E-state index in [0.29, 0.717) is 23.9 Å². The number of unbranched alkanes of at least 4 members (excludes halogenated alkanes) is 2. The number of aromatic hydroxyl groups is 1. The van der Waals surface area contributed by atoms with Crippen molar-refractivity contribution in [1.82, 2.24) is 10.2 Å². The minimum atomic E-state index is -2.62. The highest BCUT2D eigenvalue weighted by molar-refractivity contribution is 5.96. The van der Waals surface area contributed by atoms with E-state index >= 15 is 0 Å². The number of phenols is 1. The number of nitrogens with one attached hydrogen (secondary N) is 1. The standard InChI is InChI=1S/C17H23FN4O.C7H8O.C2H4F2O/c1-2-3-4-7-20-16(23)11-9-12-14(10-13(11)18)21-17(19)22-8-5-6-15(12)22;1-6-4-2-3-5-7(6)8;1-5-2(3)4/h9-10,15H,2-8H2,1H3,(H2,19,21)(H,20,23);2-5,8H,1H3;2H,1H3. The lowest BCUT2D eigenvalue weighted by Gasteiger charge is -2.31. The van der Waals surface area contributed by atoms with E-state index in [1.807, 2.05) is 30.0 Å². The molecule has 4 N–H and O–H groups in total. The number of nitrogens with two attached hydrogens (primary N) is 1. The monoisotopic (exact) mass is 508 g/mol. The van der Waals surface area contributed by atoms with Gasteiger partial charge in [-0.2, -0.15) is 8.78 Å². The fraction of sp³-hybridized carbons (Fsp3) is 0.462. The van der Waals surface area contributed by atoms with Gasteiger partial charge in [0, 0.05) is 31.8 Å². The number of halogens is 3. The molecule has 0 bridgehead atoms. The van der Waals surface area contributed by atoms with Gasteiger partial charge in [-0.1, -0.05) is 38.0 Å². The second kappa shape index (κ2) is 14.3. The fourth-order valence-electron chi connectivity index (χ4n) is 3.90. The molecular formula is C26H35F3N4O3. The van der Waals surface area contributed by atoms with E-state index in [-0.39, 0.29) is 17.5 Å². The summed E-state index contributed by atoms with van der Waals surface area (Å²) >= 11 is 0. The number of para-hydroxylation sites is 1. The van der Waals surface area contributed by atoms with Crippen molar-refractivity contribution in [3.8, 4) is 5.75 Å². The molecule has 36 heavy (non-hydrogen) atoms. The van der Waals surface area contributed by atoms with Crippen LogP contribution in [-0.2, 0) is 4.74 Å². The third kappa shape index (κ3) is 8.15. The van der Waals surface area contributed by atoms with Gasteiger partial charge in [-0.3, -0.25) is 4.79 Å². The zero-order valence-corrected chi connectivity index (χ0v) is 20.9. The average Bonchev–Trinajstić information content (AvgIpc) is 3.35. The van der Waals surface area contributed by atoms with Gasteiger partial charge >= 0.3 is 6.61 Å². The number of phenolic OH excluding ortho intramolecular Hbond substituents is 1. The molecule has 0 radical (unpaired) electrons. The number of benzene rings is 2. The van der Waals surface area contributed by atoms with Crippen LogP contribution in [0.15, 0.2) is 41.4 Å². The second-order valence-electron chi connectivity index (χ2n) is 8.46. The Morgan fingerprint density at radius 2 is 2.00 bits per heavy atom. The van der Waals surface area contributed by atoms with Gasteiger partial charge in [-0.15, -0.1) is 0 Å². The Labute approximate surface area is 210 Å². The number of rotatable bonds is 6. The third-order valence-corrected chi connectivity index (χ3v) is 5.86. The van der Waals surface area contributed by atoms with E-state index in [1.165, 1.54) is 6.07 Å². The Morgan fingerprint density at radius 1 is 1.31 bits per heavy atom. The summed E-state index contributed by atoms with van der Waals surface area (Å²) in [5, 5.41) is 11.7. The number of nitrogens with zero attached hydrogens (tertiary/aromatic N) is 2. The molecule has 2 aromatic carbocycles. The zero-order valence-electron chi connectivity index (χ0n) is 20.9. The number of alkyl halides is 2. The van der Waals surface area contributed by atoms with Crippen LogP contribution in [-0.4, -0.2) is 48.7 Å². The molecular weight excluding hydrogens is 473 g/mol. The summed E-state index contributed by atoms with van der Waals surface area (Å²) in [6.07, 6.45) is 5.02. The fourth-order valence-corrected chi connectivity index (χ4v) is 3.90. The normalized spacial score (nSPS) is 15.6. The van der Waals surface area contributed by atoms with Crippen LogP contribution in [0, 0.1) is 12.7 Å². The van der Waals surface area contributed by atoms with Gasteiger partial charge in [0.25, 0.3) is 5.91 Å². The topological polar surface area (TPSA) is 100 Å². The first-order chi connectivity index (χ1) is 17.2. The largest absolute Gasteiger partial charge is 0.508 e. The molecule has 0 saturated carbocycles. The number of methoxy groups -OCH3 is 1. The molecule has 4 rings (SSSR count). The van der Waals surface area contributed by atoms with Crippen molar-refractivity contribution in [2.75, 3.05) is 20.2 Å². The van der Waals surface area contributed by atoms with Gasteiger partial charge in [-0.25, -0.2) is 9.38 Å². The van der Waals surface area contributed by atoms with Crippen molar-refractivity contribution in [1.29, 1.82) is 0 Å². The molecule has 198 valence electrons. The van der Waals surface area contributed by atoms with Crippen molar-refractivity contribution in [3.05, 3.63) is 58.9 Å². The van der Waals surface area contributed by atoms with Crippen molar-refractivity contribution in [3.63, 3.8) is 0 Å². The first kappa shape index (κ1) is 29.0. The minimum absolute atomic E-state index is 0.0998. The smallest absolute Gasteiger partial charge is 0.345 e. The van der Waals surface area contributed by atoms with Gasteiger partial charge < -0.3 is 25.8 Å². The summed E-state index contributed by atoms with van der Waals surface area (Å²) in [6, 6.07) is 10.3. The maximum atomic E-state index is 14.3. The van der Waals surface area contributed by atoms with Crippen LogP contribution >= 0.6 is 0 Å². The molecule has 10 heteroatoms. The molecule has 0 aliphatic carbocycles. The summed E-state index contributed by atoms with van der Waals surface area (Å²) in [5.41, 5.74) is 8.42. The van der Waals surface area contributed by atoms with E-state index in [9.17, 15) is 18.0 Å². The third-order valence-electron chi connectivity index (χ3n) is 5.86. The quantitative estimate of drug-likeness (QED) is 0.454. The van der Waals surface area contributed by atoms with Crippen molar-refractivity contribution >= 4 is 17.6 Å². The predicted octanol–water partition coefficient (Wildman–Crippen LogP) is 5.40. The Balaban J connectivity index is 0.000000288. The molecule has 1 atom stereocenters. The molecule has 7 nitrogen and oxygen atoms in total. The van der Waals surface area contributed by atoms with E-state index in [2.05, 4.69) is 22.0 Å². The van der Waals surface area contributed by atoms with Crippen molar-refractivity contribution in [2.45, 2.75) is 58.6 Å². The zero-order chi connectivity index (χ0) is 26.7. The van der Waals surface area contributed by atoms with Gasteiger partial charge in [0.1, 0.15) is 11.6 Å². The molecule has 2 aliphatic rings. The first-order valence-electron chi connectivity index (χ1n) is 12.0. The van der Waals surface area contributed by atoms with E-state index in [4.69, 9.17) is 10.8 Å². The summed E-state index contributed by atoms with van der Waals surface area (Å²) < 4.78 is 38.8. The van der Waals surface area contributed by atoms with Crippen LogP contribution in [0.5, 0.6) is 5.75 Å². The van der Waals surface area contributed by atoms with Gasteiger partial charge in [0.2, 0.25) is 0 Å². The van der Waals surface area contributed by atoms with Gasteiger partial charge in [0.05, 0.1) is 17.3 Å². The number of guanidine groups is 1. The van der Waals surface area contributed by atoms with Crippen LogP contribution in [0.1, 0.15) is 66.6 Å². The molecule has 1 unspecified atom stereocenters. The summed E-state index contributed by atoms with van der Waals surface area (Å²) in [6.45, 7) is 2.79. The van der Waals surface area contributed by atoms with Crippen molar-refractivity contribution in [2.24, 2.45) is 10.7 Å². The Hall–Kier alpha value is -3.27. The number of hydrogen-bond acceptors (Lipinski definition) is 6. The first-order valence-corrected chi connectivity index (χ1v) is 12.0. The SMILES string of the molecule is CCCCCNC(=O)c1cc2c(cc1F)N=C(N)N1CCCC21.COC(F)F.Cc1ccccc1O. The van der Waals surface area contributed by atoms with Crippen LogP contribution in [0.2, 0.25) is 0 Å². The lowest BCUT2D eigenvalue weighted by molar-refractivity contribution is -0.105. The second-order valence-corrected chi connectivity index (χ2v) is 8.46. The number of amides is 1. The molecule has 0 aromatic heterocycles.